The Hall–Kier alpha value is -3.03. The van der Waals surface area contributed by atoms with Crippen LogP contribution in [-0.4, -0.2) is 36.5 Å². The van der Waals surface area contributed by atoms with Crippen LogP contribution >= 0.6 is 0 Å². The molecule has 1 fully saturated rings. The first-order valence-corrected chi connectivity index (χ1v) is 8.76. The molecule has 2 aliphatic rings. The van der Waals surface area contributed by atoms with Crippen molar-refractivity contribution in [1.29, 1.82) is 0 Å². The van der Waals surface area contributed by atoms with Gasteiger partial charge in [-0.2, -0.15) is 0 Å². The number of hydrogen-bond acceptors (Lipinski definition) is 5. The number of anilines is 2. The van der Waals surface area contributed by atoms with Gasteiger partial charge in [0, 0.05) is 18.9 Å². The molecule has 0 spiro atoms. The minimum absolute atomic E-state index is 0.301. The van der Waals surface area contributed by atoms with Gasteiger partial charge in [-0.3, -0.25) is 14.4 Å². The van der Waals surface area contributed by atoms with Crippen molar-refractivity contribution in [3.63, 3.8) is 0 Å². The van der Waals surface area contributed by atoms with Crippen LogP contribution in [0.15, 0.2) is 48.5 Å². The van der Waals surface area contributed by atoms with Crippen LogP contribution in [0.1, 0.15) is 33.6 Å². The molecule has 0 atom stereocenters. The molecule has 0 unspecified atom stereocenters. The topological polar surface area (TPSA) is 102 Å². The number of imide groups is 1. The first-order chi connectivity index (χ1) is 13.0. The molecule has 2 aromatic rings. The zero-order chi connectivity index (χ0) is 19.0. The summed E-state index contributed by atoms with van der Waals surface area (Å²) in [6.45, 7) is 0.887. The van der Waals surface area contributed by atoms with Crippen molar-refractivity contribution in [3.8, 4) is 0 Å². The normalized spacial score (nSPS) is 18.3. The van der Waals surface area contributed by atoms with E-state index in [1.54, 1.807) is 48.5 Å². The first-order valence-electron chi connectivity index (χ1n) is 8.76. The zero-order valence-corrected chi connectivity index (χ0v) is 14.6. The third-order valence-electron chi connectivity index (χ3n) is 4.99. The Labute approximate surface area is 156 Å². The fourth-order valence-electron chi connectivity index (χ4n) is 3.36. The maximum atomic E-state index is 12.6. The lowest BCUT2D eigenvalue weighted by molar-refractivity contribution is -0.124. The van der Waals surface area contributed by atoms with Gasteiger partial charge in [-0.05, 0) is 43.2 Å². The predicted molar refractivity (Wildman–Crippen MR) is 99.6 cm³/mol. The van der Waals surface area contributed by atoms with Gasteiger partial charge in [-0.25, -0.2) is 4.90 Å². The fourth-order valence-corrected chi connectivity index (χ4v) is 3.36. The smallest absolute Gasteiger partial charge is 0.266 e. The molecule has 2 heterocycles. The number of fused-ring (bicyclic) bond motifs is 1. The van der Waals surface area contributed by atoms with Gasteiger partial charge in [0.1, 0.15) is 5.54 Å². The minimum Gasteiger partial charge on any atom is -0.381 e. The highest BCUT2D eigenvalue weighted by atomic mass is 16.5. The lowest BCUT2D eigenvalue weighted by Gasteiger charge is -2.31. The molecule has 7 nitrogen and oxygen atoms in total. The van der Waals surface area contributed by atoms with Gasteiger partial charge in [0.2, 0.25) is 5.91 Å². The van der Waals surface area contributed by atoms with Crippen LogP contribution in [0.3, 0.4) is 0 Å². The number of nitrogens with zero attached hydrogens (tertiary/aromatic N) is 1. The summed E-state index contributed by atoms with van der Waals surface area (Å²) in [5.41, 5.74) is 6.85. The second-order valence-corrected chi connectivity index (χ2v) is 6.76. The van der Waals surface area contributed by atoms with Crippen LogP contribution in [0.5, 0.6) is 0 Å². The Bertz CT molecular complexity index is 899. The maximum absolute atomic E-state index is 12.6. The molecule has 138 valence electrons. The highest BCUT2D eigenvalue weighted by Crippen LogP contribution is 2.30. The lowest BCUT2D eigenvalue weighted by atomic mass is 9.90. The van der Waals surface area contributed by atoms with Gasteiger partial charge < -0.3 is 15.8 Å². The van der Waals surface area contributed by atoms with E-state index in [0.717, 1.165) is 4.90 Å². The molecule has 2 aliphatic heterocycles. The fraction of sp³-hybridized carbons (Fsp3) is 0.250. The van der Waals surface area contributed by atoms with E-state index >= 15 is 0 Å². The van der Waals surface area contributed by atoms with Gasteiger partial charge in [-0.15, -0.1) is 0 Å². The Morgan fingerprint density at radius 3 is 2.26 bits per heavy atom. The maximum Gasteiger partial charge on any atom is 0.266 e. The Balaban J connectivity index is 1.58. The van der Waals surface area contributed by atoms with Crippen molar-refractivity contribution >= 4 is 29.1 Å². The summed E-state index contributed by atoms with van der Waals surface area (Å²) in [5, 5.41) is 2.80. The number of nitrogens with two attached hydrogens (primary N) is 1. The molecule has 0 aromatic heterocycles. The highest BCUT2D eigenvalue weighted by Gasteiger charge is 2.37. The summed E-state index contributed by atoms with van der Waals surface area (Å²) in [4.78, 5) is 39.0. The monoisotopic (exact) mass is 365 g/mol. The third-order valence-corrected chi connectivity index (χ3v) is 4.99. The van der Waals surface area contributed by atoms with Crippen molar-refractivity contribution in [3.05, 3.63) is 59.7 Å². The number of amides is 3. The quantitative estimate of drug-likeness (QED) is 0.810. The van der Waals surface area contributed by atoms with Crippen LogP contribution in [0, 0.1) is 0 Å². The number of nitrogens with one attached hydrogen (secondary N) is 1. The molecule has 3 N–H and O–H groups in total. The molecule has 1 saturated heterocycles. The molecular weight excluding hydrogens is 346 g/mol. The highest BCUT2D eigenvalue weighted by molar-refractivity contribution is 6.34. The minimum atomic E-state index is -0.982. The summed E-state index contributed by atoms with van der Waals surface area (Å²) >= 11 is 0. The molecule has 4 rings (SSSR count). The van der Waals surface area contributed by atoms with Crippen LogP contribution < -0.4 is 16.0 Å². The van der Waals surface area contributed by atoms with Crippen molar-refractivity contribution in [1.82, 2.24) is 0 Å². The summed E-state index contributed by atoms with van der Waals surface area (Å²) in [5.74, 6) is -1.05. The Morgan fingerprint density at radius 2 is 1.63 bits per heavy atom. The summed E-state index contributed by atoms with van der Waals surface area (Å²) in [6, 6.07) is 13.3. The molecule has 7 heteroatoms. The van der Waals surface area contributed by atoms with Crippen molar-refractivity contribution in [2.24, 2.45) is 5.73 Å². The average Bonchev–Trinajstić information content (AvgIpc) is 2.93. The molecule has 0 radical (unpaired) electrons. The molecule has 0 aliphatic carbocycles. The van der Waals surface area contributed by atoms with E-state index in [0.29, 0.717) is 48.6 Å². The van der Waals surface area contributed by atoms with Crippen LogP contribution in [0.2, 0.25) is 0 Å². The number of rotatable bonds is 3. The van der Waals surface area contributed by atoms with Crippen LogP contribution in [0.25, 0.3) is 0 Å². The van der Waals surface area contributed by atoms with Crippen LogP contribution in [0.4, 0.5) is 11.4 Å². The lowest BCUT2D eigenvalue weighted by Crippen LogP contribution is -2.54. The average molecular weight is 365 g/mol. The van der Waals surface area contributed by atoms with Gasteiger partial charge in [0.05, 0.1) is 16.8 Å². The van der Waals surface area contributed by atoms with E-state index in [1.807, 2.05) is 0 Å². The molecule has 2 aromatic carbocycles. The SMILES string of the molecule is NC1(C(=O)Nc2cccc(N3C(=O)c4ccccc4C3=O)c2)CCOCC1. The van der Waals surface area contributed by atoms with Crippen molar-refractivity contribution < 1.29 is 19.1 Å². The second kappa shape index (κ2) is 6.61. The third kappa shape index (κ3) is 3.01. The molecule has 0 saturated carbocycles. The van der Waals surface area contributed by atoms with Crippen LogP contribution in [-0.2, 0) is 9.53 Å². The molecule has 0 bridgehead atoms. The molecular formula is C20H19N3O4. The number of hydrogen-bond donors (Lipinski definition) is 2. The molecule has 3 amide bonds. The van der Waals surface area contributed by atoms with Crippen molar-refractivity contribution in [2.45, 2.75) is 18.4 Å². The summed E-state index contributed by atoms with van der Waals surface area (Å²) < 4.78 is 5.26. The van der Waals surface area contributed by atoms with E-state index < -0.39 is 5.54 Å². The van der Waals surface area contributed by atoms with Crippen molar-refractivity contribution in [2.75, 3.05) is 23.4 Å². The number of ether oxygens (including phenoxy) is 1. The summed E-state index contributed by atoms with van der Waals surface area (Å²) in [7, 11) is 0. The standard InChI is InChI=1S/C20H19N3O4/c21-20(8-10-27-11-9-20)19(26)22-13-4-3-5-14(12-13)23-17(24)15-6-1-2-7-16(15)18(23)25/h1-7,12H,8-11,21H2,(H,22,26). The summed E-state index contributed by atoms with van der Waals surface area (Å²) in [6.07, 6.45) is 0.883. The second-order valence-electron chi connectivity index (χ2n) is 6.76. The number of carbonyl (C=O) groups excluding carboxylic acids is 3. The number of carbonyl (C=O) groups is 3. The first kappa shape index (κ1) is 17.4. The predicted octanol–water partition coefficient (Wildman–Crippen LogP) is 1.93. The van der Waals surface area contributed by atoms with Gasteiger partial charge >= 0.3 is 0 Å². The van der Waals surface area contributed by atoms with Gasteiger partial charge in [-0.1, -0.05) is 18.2 Å². The van der Waals surface area contributed by atoms with E-state index in [9.17, 15) is 14.4 Å². The van der Waals surface area contributed by atoms with E-state index in [-0.39, 0.29) is 17.7 Å². The van der Waals surface area contributed by atoms with E-state index in [1.165, 1.54) is 0 Å². The Morgan fingerprint density at radius 1 is 1.00 bits per heavy atom. The Kier molecular flexibility index (Phi) is 4.25. The largest absolute Gasteiger partial charge is 0.381 e. The van der Waals surface area contributed by atoms with Gasteiger partial charge in [0.15, 0.2) is 0 Å². The van der Waals surface area contributed by atoms with E-state index in [2.05, 4.69) is 5.32 Å². The zero-order valence-electron chi connectivity index (χ0n) is 14.6. The van der Waals surface area contributed by atoms with E-state index in [4.69, 9.17) is 10.5 Å². The molecule has 27 heavy (non-hydrogen) atoms. The van der Waals surface area contributed by atoms with Gasteiger partial charge in [0.25, 0.3) is 11.8 Å². The number of benzene rings is 2.